The Morgan fingerprint density at radius 2 is 1.73 bits per heavy atom. The second-order valence-electron chi connectivity index (χ2n) is 7.12. The van der Waals surface area contributed by atoms with Gasteiger partial charge in [-0.15, -0.1) is 0 Å². The van der Waals surface area contributed by atoms with Crippen molar-refractivity contribution in [2.75, 3.05) is 5.73 Å². The lowest BCUT2D eigenvalue weighted by Crippen LogP contribution is -2.17. The number of benzene rings is 2. The molecule has 0 saturated heterocycles. The normalized spacial score (nSPS) is 13.4. The Morgan fingerprint density at radius 3 is 2.40 bits per heavy atom. The average molecular weight is 422 g/mol. The minimum absolute atomic E-state index is 0.0125. The number of hydrogen-bond donors (Lipinski definition) is 2. The van der Waals surface area contributed by atoms with Crippen molar-refractivity contribution in [2.24, 2.45) is 0 Å². The number of rotatable bonds is 4. The smallest absolute Gasteiger partial charge is 0.316 e. The Labute approximate surface area is 176 Å². The molecule has 0 unspecified atom stereocenters. The fraction of sp³-hybridized carbons (Fsp3) is 0.136. The molecule has 0 radical (unpaired) electrons. The molecule has 1 aliphatic carbocycles. The molecule has 2 heterocycles. The van der Waals surface area contributed by atoms with Gasteiger partial charge in [-0.1, -0.05) is 41.9 Å². The van der Waals surface area contributed by atoms with Crippen LogP contribution in [0.15, 0.2) is 54.9 Å². The molecule has 6 nitrogen and oxygen atoms in total. The molecule has 0 fully saturated rings. The van der Waals surface area contributed by atoms with Crippen molar-refractivity contribution in [2.45, 2.75) is 18.9 Å². The number of imidazole rings is 1. The highest BCUT2D eigenvalue weighted by Gasteiger charge is 2.23. The molecule has 2 aromatic carbocycles. The van der Waals surface area contributed by atoms with Crippen LogP contribution in [0, 0.1) is 5.82 Å². The van der Waals surface area contributed by atoms with Crippen molar-refractivity contribution in [1.82, 2.24) is 19.9 Å². The number of aromatic amines is 1. The Bertz CT molecular complexity index is 1180. The molecular weight excluding hydrogens is 405 g/mol. The molecule has 1 aliphatic rings. The first-order valence-electron chi connectivity index (χ1n) is 9.44. The van der Waals surface area contributed by atoms with E-state index < -0.39 is 5.82 Å². The van der Waals surface area contributed by atoms with E-state index in [-0.39, 0.29) is 28.3 Å². The molecule has 150 valence electrons. The lowest BCUT2D eigenvalue weighted by molar-refractivity contribution is 0.196. The van der Waals surface area contributed by atoms with Crippen LogP contribution in [0.2, 0.25) is 5.02 Å². The number of nitrogens with one attached hydrogen (secondary N) is 1. The van der Waals surface area contributed by atoms with Gasteiger partial charge in [0.15, 0.2) is 0 Å². The Hall–Kier alpha value is -3.45. The minimum atomic E-state index is -0.486. The third-order valence-electron chi connectivity index (χ3n) is 5.12. The lowest BCUT2D eigenvalue weighted by atomic mass is 10.1. The summed E-state index contributed by atoms with van der Waals surface area (Å²) >= 11 is 6.12. The van der Waals surface area contributed by atoms with E-state index in [9.17, 15) is 4.39 Å². The van der Waals surface area contributed by atoms with Crippen LogP contribution in [-0.4, -0.2) is 26.0 Å². The monoisotopic (exact) mass is 421 g/mol. The highest BCUT2D eigenvalue weighted by Crippen LogP contribution is 2.33. The predicted octanol–water partition coefficient (Wildman–Crippen LogP) is 4.45. The number of nitrogens with zero attached hydrogens (tertiary/aromatic N) is 3. The molecule has 0 bridgehead atoms. The number of nitrogens with two attached hydrogens (primary N) is 1. The van der Waals surface area contributed by atoms with Gasteiger partial charge in [0.2, 0.25) is 0 Å². The first-order valence-corrected chi connectivity index (χ1v) is 9.82. The van der Waals surface area contributed by atoms with E-state index in [0.29, 0.717) is 17.3 Å². The van der Waals surface area contributed by atoms with Crippen molar-refractivity contribution in [3.63, 3.8) is 0 Å². The molecule has 0 spiro atoms. The molecule has 0 aliphatic heterocycles. The van der Waals surface area contributed by atoms with Gasteiger partial charge in [-0.25, -0.2) is 19.3 Å². The molecule has 4 aromatic rings. The second-order valence-corrected chi connectivity index (χ2v) is 7.52. The number of fused-ring (bicyclic) bond motifs is 1. The highest BCUT2D eigenvalue weighted by atomic mass is 35.5. The van der Waals surface area contributed by atoms with Gasteiger partial charge >= 0.3 is 6.01 Å². The van der Waals surface area contributed by atoms with Gasteiger partial charge in [0.25, 0.3) is 0 Å². The molecule has 30 heavy (non-hydrogen) atoms. The third-order valence-corrected chi connectivity index (χ3v) is 5.43. The van der Waals surface area contributed by atoms with Crippen LogP contribution in [0.4, 0.5) is 10.2 Å². The summed E-state index contributed by atoms with van der Waals surface area (Å²) < 4.78 is 20.1. The number of H-pyrrole nitrogens is 1. The Morgan fingerprint density at radius 1 is 1.03 bits per heavy atom. The molecule has 5 rings (SSSR count). The SMILES string of the molecule is Nc1[nH]c(-c2c(F)cccc2Cl)nc1-c1cnc(OC2Cc3ccccc3C2)nc1. The summed E-state index contributed by atoms with van der Waals surface area (Å²) in [6.07, 6.45) is 4.85. The summed E-state index contributed by atoms with van der Waals surface area (Å²) in [5.41, 5.74) is 9.82. The van der Waals surface area contributed by atoms with E-state index in [2.05, 4.69) is 32.1 Å². The summed E-state index contributed by atoms with van der Waals surface area (Å²) in [6.45, 7) is 0. The highest BCUT2D eigenvalue weighted by molar-refractivity contribution is 6.33. The summed E-state index contributed by atoms with van der Waals surface area (Å²) in [4.78, 5) is 15.9. The van der Waals surface area contributed by atoms with Crippen molar-refractivity contribution >= 4 is 17.4 Å². The van der Waals surface area contributed by atoms with Gasteiger partial charge < -0.3 is 15.5 Å². The summed E-state index contributed by atoms with van der Waals surface area (Å²) in [6, 6.07) is 13.0. The molecule has 0 amide bonds. The number of ether oxygens (including phenoxy) is 1. The molecule has 2 aromatic heterocycles. The average Bonchev–Trinajstić information content (AvgIpc) is 3.31. The number of hydrogen-bond acceptors (Lipinski definition) is 5. The van der Waals surface area contributed by atoms with E-state index in [4.69, 9.17) is 22.1 Å². The minimum Gasteiger partial charge on any atom is -0.459 e. The lowest BCUT2D eigenvalue weighted by Gasteiger charge is -2.11. The van der Waals surface area contributed by atoms with Gasteiger partial charge in [-0.2, -0.15) is 0 Å². The number of halogens is 2. The zero-order valence-electron chi connectivity index (χ0n) is 15.8. The van der Waals surface area contributed by atoms with E-state index in [1.54, 1.807) is 18.5 Å². The molecule has 0 atom stereocenters. The summed E-state index contributed by atoms with van der Waals surface area (Å²) in [5.74, 6) is 0.0304. The fourth-order valence-electron chi connectivity index (χ4n) is 3.70. The quantitative estimate of drug-likeness (QED) is 0.508. The zero-order valence-corrected chi connectivity index (χ0v) is 16.5. The fourth-order valence-corrected chi connectivity index (χ4v) is 3.95. The maximum atomic E-state index is 14.2. The molecular formula is C22H17ClFN5O. The van der Waals surface area contributed by atoms with Gasteiger partial charge in [-0.3, -0.25) is 0 Å². The van der Waals surface area contributed by atoms with Crippen LogP contribution in [-0.2, 0) is 12.8 Å². The van der Waals surface area contributed by atoms with Crippen LogP contribution in [0.5, 0.6) is 6.01 Å². The maximum absolute atomic E-state index is 14.2. The van der Waals surface area contributed by atoms with E-state index in [1.165, 1.54) is 23.3 Å². The van der Waals surface area contributed by atoms with Crippen LogP contribution in [0.1, 0.15) is 11.1 Å². The largest absolute Gasteiger partial charge is 0.459 e. The Kier molecular flexibility index (Phi) is 4.59. The zero-order chi connectivity index (χ0) is 20.7. The molecule has 8 heteroatoms. The van der Waals surface area contributed by atoms with Crippen LogP contribution in [0.3, 0.4) is 0 Å². The van der Waals surface area contributed by atoms with E-state index in [0.717, 1.165) is 12.8 Å². The standard InChI is InChI=1S/C22H17ClFN5O/c23-16-6-3-7-17(24)18(16)21-28-19(20(25)29-21)14-10-26-22(27-11-14)30-15-8-12-4-1-2-5-13(12)9-15/h1-7,10-11,15H,8-9,25H2,(H,28,29). The number of anilines is 1. The van der Waals surface area contributed by atoms with Gasteiger partial charge in [0, 0.05) is 30.8 Å². The van der Waals surface area contributed by atoms with Crippen molar-refractivity contribution in [1.29, 1.82) is 0 Å². The van der Waals surface area contributed by atoms with Gasteiger partial charge in [0.05, 0.1) is 10.6 Å². The van der Waals surface area contributed by atoms with Crippen LogP contribution >= 0.6 is 11.6 Å². The van der Waals surface area contributed by atoms with Crippen LogP contribution in [0.25, 0.3) is 22.6 Å². The number of aromatic nitrogens is 4. The topological polar surface area (TPSA) is 89.7 Å². The Balaban J connectivity index is 1.36. The van der Waals surface area contributed by atoms with E-state index in [1.807, 2.05) is 12.1 Å². The van der Waals surface area contributed by atoms with Crippen LogP contribution < -0.4 is 10.5 Å². The van der Waals surface area contributed by atoms with Gasteiger partial charge in [0.1, 0.15) is 29.3 Å². The van der Waals surface area contributed by atoms with Gasteiger partial charge in [-0.05, 0) is 23.3 Å². The van der Waals surface area contributed by atoms with E-state index >= 15 is 0 Å². The molecule has 0 saturated carbocycles. The second kappa shape index (κ2) is 7.42. The summed E-state index contributed by atoms with van der Waals surface area (Å²) in [5, 5.41) is 0.243. The predicted molar refractivity (Wildman–Crippen MR) is 113 cm³/mol. The third kappa shape index (κ3) is 3.37. The van der Waals surface area contributed by atoms with Crippen molar-refractivity contribution < 1.29 is 9.13 Å². The van der Waals surface area contributed by atoms with Crippen molar-refractivity contribution in [3.8, 4) is 28.7 Å². The maximum Gasteiger partial charge on any atom is 0.316 e. The van der Waals surface area contributed by atoms with Crippen molar-refractivity contribution in [3.05, 3.63) is 76.8 Å². The first kappa shape index (κ1) is 18.6. The molecule has 3 N–H and O–H groups in total. The first-order chi connectivity index (χ1) is 14.6. The summed E-state index contributed by atoms with van der Waals surface area (Å²) in [7, 11) is 0. The number of nitrogen functional groups attached to an aromatic ring is 1.